The van der Waals surface area contributed by atoms with Gasteiger partial charge in [-0.05, 0) is 12.1 Å². The van der Waals surface area contributed by atoms with Gasteiger partial charge in [0.15, 0.2) is 0 Å². The summed E-state index contributed by atoms with van der Waals surface area (Å²) in [4.78, 5) is 3.23. The average Bonchev–Trinajstić information content (AvgIpc) is 2.24. The number of aromatic nitrogens is 1. The van der Waals surface area contributed by atoms with Crippen LogP contribution in [0.3, 0.4) is 0 Å². The van der Waals surface area contributed by atoms with Gasteiger partial charge in [-0.1, -0.05) is 12.7 Å². The van der Waals surface area contributed by atoms with Crippen LogP contribution >= 0.6 is 0 Å². The summed E-state index contributed by atoms with van der Waals surface area (Å²) in [6, 6.07) is 3.45. The largest absolute Gasteiger partial charge is 0.472 e. The van der Waals surface area contributed by atoms with Crippen LogP contribution in [0.1, 0.15) is 11.3 Å². The predicted molar refractivity (Wildman–Crippen MR) is 49.6 cm³/mol. The quantitative estimate of drug-likeness (QED) is 0.747. The maximum Gasteiger partial charge on any atom is 0.433 e. The molecule has 0 spiro atoms. The number of alkyl halides is 3. The highest BCUT2D eigenvalue weighted by Gasteiger charge is 2.33. The lowest BCUT2D eigenvalue weighted by Gasteiger charge is -2.09. The SMILES string of the molecule is C=CCOc1nc(C(F)(F)F)ccc1C#N. The molecule has 1 aromatic rings. The second-order valence-corrected chi connectivity index (χ2v) is 2.76. The number of halogens is 3. The summed E-state index contributed by atoms with van der Waals surface area (Å²) >= 11 is 0. The minimum absolute atomic E-state index is 0.0109. The Kier molecular flexibility index (Phi) is 3.51. The molecule has 0 saturated carbocycles. The van der Waals surface area contributed by atoms with E-state index in [1.807, 2.05) is 0 Å². The van der Waals surface area contributed by atoms with Crippen molar-refractivity contribution in [3.05, 3.63) is 36.0 Å². The summed E-state index contributed by atoms with van der Waals surface area (Å²) in [6.45, 7) is 3.33. The Balaban J connectivity index is 3.12. The molecule has 0 aliphatic carbocycles. The van der Waals surface area contributed by atoms with Gasteiger partial charge in [-0.15, -0.1) is 0 Å². The van der Waals surface area contributed by atoms with Crippen LogP contribution in [0.15, 0.2) is 24.8 Å². The Morgan fingerprint density at radius 1 is 1.50 bits per heavy atom. The van der Waals surface area contributed by atoms with Crippen molar-refractivity contribution < 1.29 is 17.9 Å². The smallest absolute Gasteiger partial charge is 0.433 e. The minimum Gasteiger partial charge on any atom is -0.472 e. The molecule has 0 aliphatic rings. The van der Waals surface area contributed by atoms with E-state index in [9.17, 15) is 13.2 Å². The number of nitriles is 1. The standard InChI is InChI=1S/C10H7F3N2O/c1-2-5-16-9-7(6-14)3-4-8(15-9)10(11,12)13/h2-4H,1,5H2. The van der Waals surface area contributed by atoms with Gasteiger partial charge in [0.25, 0.3) is 0 Å². The number of nitrogens with zero attached hydrogens (tertiary/aromatic N) is 2. The molecule has 0 atom stereocenters. The molecule has 0 unspecified atom stereocenters. The molecule has 0 aliphatic heterocycles. The maximum atomic E-state index is 12.3. The van der Waals surface area contributed by atoms with E-state index in [1.165, 1.54) is 6.08 Å². The summed E-state index contributed by atoms with van der Waals surface area (Å²) < 4.78 is 41.8. The Morgan fingerprint density at radius 3 is 2.69 bits per heavy atom. The second kappa shape index (κ2) is 4.66. The summed E-state index contributed by atoms with van der Waals surface area (Å²) in [5.41, 5.74) is -1.14. The molecule has 16 heavy (non-hydrogen) atoms. The van der Waals surface area contributed by atoms with Crippen LogP contribution < -0.4 is 4.74 Å². The van der Waals surface area contributed by atoms with Crippen LogP contribution in [0.25, 0.3) is 0 Å². The summed E-state index contributed by atoms with van der Waals surface area (Å²) in [7, 11) is 0. The highest BCUT2D eigenvalue weighted by Crippen LogP contribution is 2.29. The zero-order chi connectivity index (χ0) is 12.2. The van der Waals surface area contributed by atoms with E-state index < -0.39 is 11.9 Å². The Labute approximate surface area is 89.8 Å². The van der Waals surface area contributed by atoms with Crippen molar-refractivity contribution in [3.8, 4) is 11.9 Å². The summed E-state index contributed by atoms with van der Waals surface area (Å²) in [5.74, 6) is -0.336. The van der Waals surface area contributed by atoms with E-state index in [2.05, 4.69) is 11.6 Å². The molecular weight excluding hydrogens is 221 g/mol. The van der Waals surface area contributed by atoms with Crippen molar-refractivity contribution >= 4 is 0 Å². The molecule has 6 heteroatoms. The number of rotatable bonds is 3. The Morgan fingerprint density at radius 2 is 2.19 bits per heavy atom. The fraction of sp³-hybridized carbons (Fsp3) is 0.200. The van der Waals surface area contributed by atoms with Gasteiger partial charge < -0.3 is 4.74 Å². The lowest BCUT2D eigenvalue weighted by atomic mass is 10.2. The van der Waals surface area contributed by atoms with E-state index in [-0.39, 0.29) is 18.1 Å². The molecule has 3 nitrogen and oxygen atoms in total. The van der Waals surface area contributed by atoms with Gasteiger partial charge in [0.05, 0.1) is 0 Å². The van der Waals surface area contributed by atoms with Gasteiger partial charge in [0, 0.05) is 0 Å². The van der Waals surface area contributed by atoms with Crippen LogP contribution in [0.4, 0.5) is 13.2 Å². The lowest BCUT2D eigenvalue weighted by Crippen LogP contribution is -2.10. The van der Waals surface area contributed by atoms with Gasteiger partial charge in [0.1, 0.15) is 23.9 Å². The number of hydrogen-bond acceptors (Lipinski definition) is 3. The Bertz CT molecular complexity index is 435. The third-order valence-electron chi connectivity index (χ3n) is 1.61. The minimum atomic E-state index is -4.56. The van der Waals surface area contributed by atoms with Gasteiger partial charge in [-0.3, -0.25) is 0 Å². The van der Waals surface area contributed by atoms with Gasteiger partial charge >= 0.3 is 6.18 Å². The molecule has 0 fully saturated rings. The molecule has 1 rings (SSSR count). The molecule has 0 amide bonds. The first-order chi connectivity index (χ1) is 7.49. The molecule has 0 saturated heterocycles. The van der Waals surface area contributed by atoms with E-state index in [0.29, 0.717) is 0 Å². The number of ether oxygens (including phenoxy) is 1. The van der Waals surface area contributed by atoms with E-state index >= 15 is 0 Å². The van der Waals surface area contributed by atoms with Crippen LogP contribution in [0.5, 0.6) is 5.88 Å². The van der Waals surface area contributed by atoms with Crippen molar-refractivity contribution in [2.45, 2.75) is 6.18 Å². The molecule has 0 bridgehead atoms. The predicted octanol–water partition coefficient (Wildman–Crippen LogP) is 2.54. The highest BCUT2D eigenvalue weighted by molar-refractivity contribution is 5.39. The van der Waals surface area contributed by atoms with Crippen molar-refractivity contribution in [2.24, 2.45) is 0 Å². The first kappa shape index (κ1) is 12.0. The van der Waals surface area contributed by atoms with E-state index in [1.54, 1.807) is 6.07 Å². The van der Waals surface area contributed by atoms with Crippen molar-refractivity contribution in [3.63, 3.8) is 0 Å². The van der Waals surface area contributed by atoms with Gasteiger partial charge in [-0.2, -0.15) is 18.4 Å². The Hall–Kier alpha value is -2.03. The van der Waals surface area contributed by atoms with Gasteiger partial charge in [-0.25, -0.2) is 4.98 Å². The monoisotopic (exact) mass is 228 g/mol. The van der Waals surface area contributed by atoms with Crippen LogP contribution in [-0.4, -0.2) is 11.6 Å². The van der Waals surface area contributed by atoms with Crippen molar-refractivity contribution in [1.29, 1.82) is 5.26 Å². The van der Waals surface area contributed by atoms with Crippen LogP contribution in [0.2, 0.25) is 0 Å². The molecule has 84 valence electrons. The zero-order valence-corrected chi connectivity index (χ0v) is 8.08. The van der Waals surface area contributed by atoms with Crippen molar-refractivity contribution in [1.82, 2.24) is 4.98 Å². The zero-order valence-electron chi connectivity index (χ0n) is 8.08. The highest BCUT2D eigenvalue weighted by atomic mass is 19.4. The first-order valence-corrected chi connectivity index (χ1v) is 4.21. The lowest BCUT2D eigenvalue weighted by molar-refractivity contribution is -0.141. The molecular formula is C10H7F3N2O. The van der Waals surface area contributed by atoms with Gasteiger partial charge in [0.2, 0.25) is 5.88 Å². The first-order valence-electron chi connectivity index (χ1n) is 4.21. The second-order valence-electron chi connectivity index (χ2n) is 2.76. The fourth-order valence-corrected chi connectivity index (χ4v) is 0.931. The van der Waals surface area contributed by atoms with Crippen LogP contribution in [-0.2, 0) is 6.18 Å². The third kappa shape index (κ3) is 2.73. The topological polar surface area (TPSA) is 45.9 Å². The average molecular weight is 228 g/mol. The molecule has 1 heterocycles. The molecule has 0 aromatic carbocycles. The van der Waals surface area contributed by atoms with Crippen molar-refractivity contribution in [2.75, 3.05) is 6.61 Å². The van der Waals surface area contributed by atoms with E-state index in [0.717, 1.165) is 12.1 Å². The third-order valence-corrected chi connectivity index (χ3v) is 1.61. The number of pyridine rings is 1. The van der Waals surface area contributed by atoms with E-state index in [4.69, 9.17) is 10.00 Å². The number of hydrogen-bond donors (Lipinski definition) is 0. The van der Waals surface area contributed by atoms with Crippen LogP contribution in [0, 0.1) is 11.3 Å². The fourth-order valence-electron chi connectivity index (χ4n) is 0.931. The molecule has 0 radical (unpaired) electrons. The normalized spacial score (nSPS) is 10.6. The molecule has 1 aromatic heterocycles. The summed E-state index contributed by atoms with van der Waals surface area (Å²) in [6.07, 6.45) is -3.20. The maximum absolute atomic E-state index is 12.3. The summed E-state index contributed by atoms with van der Waals surface area (Å²) in [5, 5.41) is 8.63. The molecule has 0 N–H and O–H groups in total.